The summed E-state index contributed by atoms with van der Waals surface area (Å²) in [6.45, 7) is 0.847. The molecule has 1 radical (unpaired) electrons. The molecule has 9 heteroatoms. The molecule has 0 spiro atoms. The van der Waals surface area contributed by atoms with E-state index in [2.05, 4.69) is 21.6 Å². The fourth-order valence-electron chi connectivity index (χ4n) is 4.45. The second kappa shape index (κ2) is 8.44. The van der Waals surface area contributed by atoms with Gasteiger partial charge in [0.05, 0.1) is 6.10 Å². The number of primary amides is 1. The van der Waals surface area contributed by atoms with Crippen LogP contribution in [0.5, 0.6) is 0 Å². The highest BCUT2D eigenvalue weighted by Crippen LogP contribution is 2.43. The number of sulfone groups is 1. The van der Waals surface area contributed by atoms with Gasteiger partial charge in [0.15, 0.2) is 9.84 Å². The Morgan fingerprint density at radius 2 is 2.32 bits per heavy atom. The number of nitrogens with zero attached hydrogens (tertiary/aromatic N) is 2. The molecule has 0 aromatic carbocycles. The lowest BCUT2D eigenvalue weighted by atomic mass is 9.87. The van der Waals surface area contributed by atoms with Crippen molar-refractivity contribution in [1.82, 2.24) is 15.2 Å². The zero-order valence-corrected chi connectivity index (χ0v) is 17.2. The van der Waals surface area contributed by atoms with E-state index in [1.807, 2.05) is 0 Å². The van der Waals surface area contributed by atoms with Gasteiger partial charge in [-0.1, -0.05) is 6.07 Å². The topological polar surface area (TPSA) is 115 Å². The van der Waals surface area contributed by atoms with E-state index in [1.165, 1.54) is 6.26 Å². The van der Waals surface area contributed by atoms with Gasteiger partial charge in [-0.2, -0.15) is 0 Å². The molecule has 8 nitrogen and oxygen atoms in total. The molecule has 1 amide bonds. The molecule has 1 aromatic heterocycles. The summed E-state index contributed by atoms with van der Waals surface area (Å²) in [5.74, 6) is -0.293. The first-order valence-electron chi connectivity index (χ1n) is 9.51. The molecule has 3 N–H and O–H groups in total. The lowest BCUT2D eigenvalue weighted by molar-refractivity contribution is -0.131. The van der Waals surface area contributed by atoms with Gasteiger partial charge in [-0.15, -0.1) is 0 Å². The summed E-state index contributed by atoms with van der Waals surface area (Å²) in [4.78, 5) is 18.4. The Hall–Kier alpha value is -1.55. The number of methoxy groups -OCH3 is 1. The van der Waals surface area contributed by atoms with Crippen molar-refractivity contribution in [2.45, 2.75) is 48.7 Å². The molecule has 2 unspecified atom stereocenters. The lowest BCUT2D eigenvalue weighted by Gasteiger charge is -2.44. The van der Waals surface area contributed by atoms with Gasteiger partial charge in [0.1, 0.15) is 10.9 Å². The second-order valence-corrected chi connectivity index (χ2v) is 9.86. The van der Waals surface area contributed by atoms with Crippen molar-refractivity contribution in [2.75, 3.05) is 26.5 Å². The summed E-state index contributed by atoms with van der Waals surface area (Å²) in [6.07, 6.45) is 9.50. The minimum Gasteiger partial charge on any atom is -0.379 e. The monoisotopic (exact) mass is 409 g/mol. The van der Waals surface area contributed by atoms with E-state index in [9.17, 15) is 13.2 Å². The van der Waals surface area contributed by atoms with E-state index in [1.54, 1.807) is 31.6 Å². The van der Waals surface area contributed by atoms with Crippen molar-refractivity contribution in [2.24, 2.45) is 5.73 Å². The van der Waals surface area contributed by atoms with Crippen LogP contribution in [-0.4, -0.2) is 68.3 Å². The van der Waals surface area contributed by atoms with Gasteiger partial charge in [0.2, 0.25) is 5.91 Å². The molecule has 2 bridgehead atoms. The van der Waals surface area contributed by atoms with E-state index in [0.717, 1.165) is 19.3 Å². The number of hydrogen-bond acceptors (Lipinski definition) is 7. The van der Waals surface area contributed by atoms with Gasteiger partial charge in [0, 0.05) is 50.5 Å². The number of amides is 1. The fourth-order valence-corrected chi connectivity index (χ4v) is 5.48. The summed E-state index contributed by atoms with van der Waals surface area (Å²) >= 11 is 0. The molecule has 3 rings (SSSR count). The molecule has 2 aliphatic heterocycles. The molecule has 0 aliphatic carbocycles. The lowest BCUT2D eigenvalue weighted by Crippen LogP contribution is -2.60. The molecule has 2 saturated heterocycles. The number of pyridine rings is 1. The van der Waals surface area contributed by atoms with Gasteiger partial charge in [0.25, 0.3) is 0 Å². The average molecular weight is 410 g/mol. The Morgan fingerprint density at radius 1 is 1.54 bits per heavy atom. The van der Waals surface area contributed by atoms with E-state index in [0.29, 0.717) is 25.1 Å². The molecule has 155 valence electrons. The summed E-state index contributed by atoms with van der Waals surface area (Å²) in [7, 11) is -1.79. The first-order chi connectivity index (χ1) is 13.3. The summed E-state index contributed by atoms with van der Waals surface area (Å²) in [6, 6.07) is 3.72. The molecule has 2 aliphatic rings. The standard InChI is InChI=1S/C19H29N4O4S/c1-27-16(12-22-17(28(2,25)26)14-5-4-10-21-11-14)13-23-15-6-3-8-19(23,9-7-15)18(20)24/h3-5,10-11,15-17,22H,6-9,12-13H2,1-2H3,(H2,20,24)/t15-,16?,17?,19+/m1/s1. The first kappa shape index (κ1) is 21.2. The molecule has 0 saturated carbocycles. The number of ether oxygens (including phenoxy) is 1. The van der Waals surface area contributed by atoms with E-state index in [-0.39, 0.29) is 18.1 Å². The number of nitrogens with two attached hydrogens (primary N) is 1. The number of carbonyl (C=O) groups excluding carboxylic acids is 1. The number of fused-ring (bicyclic) bond motifs is 2. The predicted molar refractivity (Wildman–Crippen MR) is 106 cm³/mol. The highest BCUT2D eigenvalue weighted by atomic mass is 32.2. The quantitative estimate of drug-likeness (QED) is 0.607. The second-order valence-electron chi connectivity index (χ2n) is 7.73. The maximum atomic E-state index is 12.3. The van der Waals surface area contributed by atoms with Crippen molar-refractivity contribution in [3.63, 3.8) is 0 Å². The molecule has 1 aromatic rings. The molecular formula is C19H29N4O4S. The zero-order chi connectivity index (χ0) is 20.4. The van der Waals surface area contributed by atoms with Crippen molar-refractivity contribution < 1.29 is 17.9 Å². The molecule has 3 heterocycles. The number of rotatable bonds is 9. The first-order valence-corrected chi connectivity index (χ1v) is 11.5. The molecule has 28 heavy (non-hydrogen) atoms. The van der Waals surface area contributed by atoms with Gasteiger partial charge in [-0.3, -0.25) is 20.0 Å². The molecule has 4 atom stereocenters. The highest BCUT2D eigenvalue weighted by Gasteiger charge is 2.53. The molecular weight excluding hydrogens is 380 g/mol. The SMILES string of the molecule is COC(CNC(c1cccnc1)S(C)(=O)=O)CN1[C@@H]2C[CH]C[C@@]1(C(N)=O)CC2. The van der Waals surface area contributed by atoms with Crippen LogP contribution in [0, 0.1) is 6.42 Å². The fraction of sp³-hybridized carbons (Fsp3) is 0.632. The number of nitrogens with one attached hydrogen (secondary N) is 1. The van der Waals surface area contributed by atoms with Crippen molar-refractivity contribution >= 4 is 15.7 Å². The minimum absolute atomic E-state index is 0.279. The molecule has 2 fully saturated rings. The van der Waals surface area contributed by atoms with E-state index >= 15 is 0 Å². The van der Waals surface area contributed by atoms with Gasteiger partial charge >= 0.3 is 0 Å². The van der Waals surface area contributed by atoms with Crippen LogP contribution in [0.3, 0.4) is 0 Å². The Morgan fingerprint density at radius 3 is 2.93 bits per heavy atom. The van der Waals surface area contributed by atoms with Crippen molar-refractivity contribution in [3.8, 4) is 0 Å². The normalized spacial score (nSPS) is 27.4. The number of hydrogen-bond donors (Lipinski definition) is 2. The van der Waals surface area contributed by atoms with E-state index < -0.39 is 20.8 Å². The Labute approximate surface area is 166 Å². The maximum Gasteiger partial charge on any atom is 0.237 e. The third-order valence-corrected chi connectivity index (χ3v) is 7.24. The van der Waals surface area contributed by atoms with Crippen LogP contribution in [0.25, 0.3) is 0 Å². The van der Waals surface area contributed by atoms with Crippen LogP contribution in [0.1, 0.15) is 36.6 Å². The van der Waals surface area contributed by atoms with Crippen molar-refractivity contribution in [1.29, 1.82) is 0 Å². The smallest absolute Gasteiger partial charge is 0.237 e. The highest BCUT2D eigenvalue weighted by molar-refractivity contribution is 7.90. The zero-order valence-electron chi connectivity index (χ0n) is 16.4. The Bertz CT molecular complexity index is 784. The van der Waals surface area contributed by atoms with Crippen LogP contribution in [0.4, 0.5) is 0 Å². The van der Waals surface area contributed by atoms with Crippen LogP contribution < -0.4 is 11.1 Å². The average Bonchev–Trinajstić information content (AvgIpc) is 2.85. The summed E-state index contributed by atoms with van der Waals surface area (Å²) < 4.78 is 30.2. The van der Waals surface area contributed by atoms with Gasteiger partial charge in [-0.05, 0) is 38.2 Å². The summed E-state index contributed by atoms with van der Waals surface area (Å²) in [5, 5.41) is 2.24. The maximum absolute atomic E-state index is 12.3. The largest absolute Gasteiger partial charge is 0.379 e. The van der Waals surface area contributed by atoms with Crippen molar-refractivity contribution in [3.05, 3.63) is 36.5 Å². The summed E-state index contributed by atoms with van der Waals surface area (Å²) in [5.41, 5.74) is 5.70. The number of piperidine rings is 1. The van der Waals surface area contributed by atoms with Gasteiger partial charge < -0.3 is 10.5 Å². The predicted octanol–water partition coefficient (Wildman–Crippen LogP) is 0.416. The Kier molecular flexibility index (Phi) is 6.38. The number of carbonyl (C=O) groups is 1. The Balaban J connectivity index is 1.71. The van der Waals surface area contributed by atoms with E-state index in [4.69, 9.17) is 10.5 Å². The van der Waals surface area contributed by atoms with Crippen LogP contribution >= 0.6 is 0 Å². The third kappa shape index (κ3) is 4.22. The van der Waals surface area contributed by atoms with Gasteiger partial charge in [-0.25, -0.2) is 8.42 Å². The minimum atomic E-state index is -3.39. The van der Waals surface area contributed by atoms with Crippen LogP contribution in [0.15, 0.2) is 24.5 Å². The van der Waals surface area contributed by atoms with Crippen LogP contribution in [0.2, 0.25) is 0 Å². The number of aromatic nitrogens is 1. The van der Waals surface area contributed by atoms with Crippen LogP contribution in [-0.2, 0) is 19.4 Å². The third-order valence-electron chi connectivity index (χ3n) is 5.94.